The summed E-state index contributed by atoms with van der Waals surface area (Å²) in [5.74, 6) is 0. The summed E-state index contributed by atoms with van der Waals surface area (Å²) in [5, 5.41) is 7.14. The van der Waals surface area contributed by atoms with Crippen molar-refractivity contribution in [2.45, 2.75) is 25.9 Å². The highest BCUT2D eigenvalue weighted by atomic mass is 31.1. The van der Waals surface area contributed by atoms with Crippen molar-refractivity contribution in [2.75, 3.05) is 0 Å². The maximum absolute atomic E-state index is 6.49. The number of benzene rings is 4. The zero-order valence-electron chi connectivity index (χ0n) is 15.5. The standard InChI is InChI=1S/C24H21O2P/c1-3-16(2)27-25-21-14-12-17-8-4-6-10-19(17)23(21)24-20-11-7-5-9-18(20)13-15-22(24)26-27/h4-16H,3H2,1-2H3/t16-/m0/s1. The summed E-state index contributed by atoms with van der Waals surface area (Å²) < 4.78 is 13.0. The van der Waals surface area contributed by atoms with E-state index < -0.39 is 8.01 Å². The summed E-state index contributed by atoms with van der Waals surface area (Å²) in [6, 6.07) is 25.5. The quantitative estimate of drug-likeness (QED) is 0.310. The number of rotatable bonds is 2. The van der Waals surface area contributed by atoms with Crippen LogP contribution >= 0.6 is 8.01 Å². The lowest BCUT2D eigenvalue weighted by molar-refractivity contribution is 0.609. The predicted octanol–water partition coefficient (Wildman–Crippen LogP) is 8.57. The molecule has 0 aliphatic carbocycles. The fraction of sp³-hybridized carbons (Fsp3) is 0.167. The van der Waals surface area contributed by atoms with E-state index >= 15 is 0 Å². The van der Waals surface area contributed by atoms with Crippen molar-refractivity contribution in [3.8, 4) is 0 Å². The van der Waals surface area contributed by atoms with E-state index in [1.807, 2.05) is 0 Å². The summed E-state index contributed by atoms with van der Waals surface area (Å²) in [5.41, 5.74) is 2.21. The Morgan fingerprint density at radius 2 is 1.19 bits per heavy atom. The van der Waals surface area contributed by atoms with Crippen LogP contribution in [0.15, 0.2) is 81.2 Å². The third-order valence-corrected chi connectivity index (χ3v) is 7.20. The lowest BCUT2D eigenvalue weighted by atomic mass is 9.99. The van der Waals surface area contributed by atoms with E-state index in [2.05, 4.69) is 86.6 Å². The Kier molecular flexibility index (Phi) is 3.95. The number of hydrogen-bond donors (Lipinski definition) is 0. The van der Waals surface area contributed by atoms with Crippen LogP contribution in [-0.2, 0) is 0 Å². The molecule has 3 heteroatoms. The molecular formula is C24H21O2P. The summed E-state index contributed by atoms with van der Waals surface area (Å²) in [4.78, 5) is 0. The van der Waals surface area contributed by atoms with Crippen LogP contribution in [0.5, 0.6) is 0 Å². The van der Waals surface area contributed by atoms with Crippen molar-refractivity contribution < 1.29 is 8.39 Å². The molecule has 5 rings (SSSR count). The predicted molar refractivity (Wildman–Crippen MR) is 116 cm³/mol. The van der Waals surface area contributed by atoms with Crippen molar-refractivity contribution in [1.82, 2.24) is 0 Å². The van der Waals surface area contributed by atoms with Crippen molar-refractivity contribution in [2.24, 2.45) is 0 Å². The van der Waals surface area contributed by atoms with Crippen LogP contribution < -0.4 is 0 Å². The minimum Gasteiger partial charge on any atom is -0.419 e. The Labute approximate surface area is 159 Å². The minimum atomic E-state index is -1.04. The molecule has 0 spiro atoms. The Hall–Kier alpha value is -2.70. The molecule has 0 saturated heterocycles. The second-order valence-electron chi connectivity index (χ2n) is 7.04. The highest BCUT2D eigenvalue weighted by Crippen LogP contribution is 2.46. The number of fused-ring (bicyclic) bond motifs is 7. The molecule has 4 aromatic carbocycles. The van der Waals surface area contributed by atoms with Crippen molar-refractivity contribution in [1.29, 1.82) is 0 Å². The molecule has 134 valence electrons. The maximum atomic E-state index is 6.49. The lowest BCUT2D eigenvalue weighted by Crippen LogP contribution is -1.79. The van der Waals surface area contributed by atoms with E-state index in [0.717, 1.165) is 28.4 Å². The van der Waals surface area contributed by atoms with E-state index in [1.165, 1.54) is 21.5 Å². The van der Waals surface area contributed by atoms with Crippen LogP contribution in [0.25, 0.3) is 43.5 Å². The average Bonchev–Trinajstić information content (AvgIpc) is 2.90. The van der Waals surface area contributed by atoms with Gasteiger partial charge in [0.15, 0.2) is 0 Å². The average molecular weight is 372 g/mol. The monoisotopic (exact) mass is 372 g/mol. The lowest BCUT2D eigenvalue weighted by Gasteiger charge is -2.05. The van der Waals surface area contributed by atoms with Gasteiger partial charge in [0, 0.05) is 10.8 Å². The molecule has 1 atom stereocenters. The fourth-order valence-corrected chi connectivity index (χ4v) is 5.10. The summed E-state index contributed by atoms with van der Waals surface area (Å²) in [6.07, 6.45) is 1.03. The minimum absolute atomic E-state index is 0.358. The Morgan fingerprint density at radius 3 is 1.67 bits per heavy atom. The summed E-state index contributed by atoms with van der Waals surface area (Å²) >= 11 is 0. The van der Waals surface area contributed by atoms with Gasteiger partial charge in [0.05, 0.1) is 5.66 Å². The second kappa shape index (κ2) is 6.48. The van der Waals surface area contributed by atoms with Crippen molar-refractivity contribution >= 4 is 51.5 Å². The van der Waals surface area contributed by atoms with E-state index in [0.29, 0.717) is 5.66 Å². The van der Waals surface area contributed by atoms with Crippen molar-refractivity contribution in [3.63, 3.8) is 0 Å². The SMILES string of the molecule is CC[C@H](C)p1oc2ccc3ccccc3c2c2c(ccc3ccccc32)o1. The van der Waals surface area contributed by atoms with Gasteiger partial charge in [-0.05, 0) is 47.0 Å². The van der Waals surface area contributed by atoms with Gasteiger partial charge in [-0.25, -0.2) is 0 Å². The summed E-state index contributed by atoms with van der Waals surface area (Å²) in [7, 11) is -1.04. The van der Waals surface area contributed by atoms with Gasteiger partial charge < -0.3 is 8.39 Å². The molecule has 0 amide bonds. The molecule has 2 nitrogen and oxygen atoms in total. The molecule has 1 heterocycles. The molecule has 0 unspecified atom stereocenters. The first-order chi connectivity index (χ1) is 13.3. The smallest absolute Gasteiger partial charge is 0.219 e. The molecule has 1 aromatic heterocycles. The van der Waals surface area contributed by atoms with Gasteiger partial charge in [0.1, 0.15) is 11.2 Å². The van der Waals surface area contributed by atoms with Gasteiger partial charge in [-0.2, -0.15) is 0 Å². The largest absolute Gasteiger partial charge is 0.419 e. The molecule has 5 aromatic rings. The van der Waals surface area contributed by atoms with E-state index in [-0.39, 0.29) is 0 Å². The highest BCUT2D eigenvalue weighted by molar-refractivity contribution is 7.37. The van der Waals surface area contributed by atoms with Crippen LogP contribution in [0, 0.1) is 0 Å². The molecule has 0 bridgehead atoms. The fourth-order valence-electron chi connectivity index (χ4n) is 3.71. The second-order valence-corrected chi connectivity index (χ2v) is 8.86. The van der Waals surface area contributed by atoms with Crippen molar-refractivity contribution in [3.05, 3.63) is 72.8 Å². The highest BCUT2D eigenvalue weighted by Gasteiger charge is 2.15. The topological polar surface area (TPSA) is 26.3 Å². The molecule has 27 heavy (non-hydrogen) atoms. The van der Waals surface area contributed by atoms with Crippen LogP contribution in [0.2, 0.25) is 0 Å². The molecule has 0 saturated carbocycles. The Morgan fingerprint density at radius 1 is 0.704 bits per heavy atom. The van der Waals surface area contributed by atoms with Gasteiger partial charge in [-0.3, -0.25) is 0 Å². The van der Waals surface area contributed by atoms with Gasteiger partial charge in [-0.15, -0.1) is 0 Å². The Bertz CT molecular complexity index is 1240. The molecular weight excluding hydrogens is 351 g/mol. The van der Waals surface area contributed by atoms with E-state index in [9.17, 15) is 0 Å². The first kappa shape index (κ1) is 16.5. The molecule has 0 N–H and O–H groups in total. The number of hydrogen-bond acceptors (Lipinski definition) is 2. The van der Waals surface area contributed by atoms with Crippen LogP contribution in [-0.4, -0.2) is 0 Å². The molecule has 0 aliphatic rings. The van der Waals surface area contributed by atoms with Gasteiger partial charge >= 0.3 is 0 Å². The summed E-state index contributed by atoms with van der Waals surface area (Å²) in [6.45, 7) is 4.39. The third-order valence-electron chi connectivity index (χ3n) is 5.36. The maximum Gasteiger partial charge on any atom is 0.219 e. The first-order valence-electron chi connectivity index (χ1n) is 9.45. The van der Waals surface area contributed by atoms with Crippen LogP contribution in [0.1, 0.15) is 25.9 Å². The van der Waals surface area contributed by atoms with Crippen LogP contribution in [0.3, 0.4) is 0 Å². The normalized spacial score (nSPS) is 12.8. The zero-order chi connectivity index (χ0) is 18.4. The molecule has 0 fully saturated rings. The molecule has 0 radical (unpaired) electrons. The van der Waals surface area contributed by atoms with Gasteiger partial charge in [0.2, 0.25) is 8.01 Å². The third kappa shape index (κ3) is 2.64. The van der Waals surface area contributed by atoms with E-state index in [4.69, 9.17) is 8.39 Å². The zero-order valence-corrected chi connectivity index (χ0v) is 16.4. The molecule has 0 aliphatic heterocycles. The van der Waals surface area contributed by atoms with Gasteiger partial charge in [-0.1, -0.05) is 67.6 Å². The Balaban J connectivity index is 2.13. The van der Waals surface area contributed by atoms with Gasteiger partial charge in [0.25, 0.3) is 0 Å². The first-order valence-corrected chi connectivity index (χ1v) is 10.7. The van der Waals surface area contributed by atoms with E-state index in [1.54, 1.807) is 0 Å². The van der Waals surface area contributed by atoms with Crippen LogP contribution in [0.4, 0.5) is 0 Å².